The molecule has 1 aromatic carbocycles. The van der Waals surface area contributed by atoms with Crippen molar-refractivity contribution in [2.75, 3.05) is 17.2 Å². The van der Waals surface area contributed by atoms with Crippen molar-refractivity contribution in [3.8, 4) is 5.75 Å². The average molecular weight is 403 g/mol. The fourth-order valence-electron chi connectivity index (χ4n) is 3.14. The highest BCUT2D eigenvalue weighted by Gasteiger charge is 2.32. The number of carbonyl (C=O) groups is 2. The molecule has 7 nitrogen and oxygen atoms in total. The lowest BCUT2D eigenvalue weighted by atomic mass is 10.2. The minimum atomic E-state index is -0.847. The van der Waals surface area contributed by atoms with Gasteiger partial charge in [-0.25, -0.2) is 4.98 Å². The van der Waals surface area contributed by atoms with Crippen LogP contribution in [0.3, 0.4) is 0 Å². The molecule has 0 saturated carbocycles. The molecule has 2 amide bonds. The molecule has 1 aliphatic heterocycles. The van der Waals surface area contributed by atoms with Crippen LogP contribution in [-0.2, 0) is 16.1 Å². The molecule has 0 bridgehead atoms. The highest BCUT2D eigenvalue weighted by molar-refractivity contribution is 7.99. The number of hydrogen-bond donors (Lipinski definition) is 1. The third-order valence-electron chi connectivity index (χ3n) is 4.87. The van der Waals surface area contributed by atoms with Crippen LogP contribution in [0.2, 0.25) is 0 Å². The number of primary amides is 1. The van der Waals surface area contributed by atoms with Gasteiger partial charge in [0.25, 0.3) is 5.91 Å². The number of imidazole rings is 1. The predicted octanol–water partition coefficient (Wildman–Crippen LogP) is 2.67. The van der Waals surface area contributed by atoms with Crippen molar-refractivity contribution in [2.45, 2.75) is 51.4 Å². The second-order valence-corrected chi connectivity index (χ2v) is 7.78. The molecule has 3 rings (SSSR count). The lowest BCUT2D eigenvalue weighted by molar-refractivity contribution is -0.125. The molecule has 28 heavy (non-hydrogen) atoms. The summed E-state index contributed by atoms with van der Waals surface area (Å²) >= 11 is 1.42. The SMILES string of the molecule is CCCCn1c(SCC(=O)N2C[C@H](C(N)=O)Oc3ccccc32)nc(C)c1C. The van der Waals surface area contributed by atoms with Gasteiger partial charge < -0.3 is 19.9 Å². The zero-order valence-electron chi connectivity index (χ0n) is 16.5. The quantitative estimate of drug-likeness (QED) is 0.719. The number of unbranched alkanes of at least 4 members (excludes halogenated alkanes) is 1. The van der Waals surface area contributed by atoms with Gasteiger partial charge in [0.1, 0.15) is 5.75 Å². The highest BCUT2D eigenvalue weighted by atomic mass is 32.2. The van der Waals surface area contributed by atoms with Crippen LogP contribution in [0.5, 0.6) is 5.75 Å². The third-order valence-corrected chi connectivity index (χ3v) is 5.84. The minimum Gasteiger partial charge on any atom is -0.477 e. The van der Waals surface area contributed by atoms with Crippen molar-refractivity contribution >= 4 is 29.3 Å². The van der Waals surface area contributed by atoms with Crippen molar-refractivity contribution in [3.05, 3.63) is 35.7 Å². The van der Waals surface area contributed by atoms with Gasteiger partial charge in [0.2, 0.25) is 5.91 Å². The number of nitrogens with zero attached hydrogens (tertiary/aromatic N) is 3. The number of ether oxygens (including phenoxy) is 1. The van der Waals surface area contributed by atoms with Gasteiger partial charge in [-0.15, -0.1) is 0 Å². The number of para-hydroxylation sites is 2. The van der Waals surface area contributed by atoms with Gasteiger partial charge in [0, 0.05) is 12.2 Å². The number of rotatable bonds is 7. The topological polar surface area (TPSA) is 90.5 Å². The van der Waals surface area contributed by atoms with Crippen LogP contribution in [-0.4, -0.2) is 39.8 Å². The Kier molecular flexibility index (Phi) is 6.28. The number of aromatic nitrogens is 2. The predicted molar refractivity (Wildman–Crippen MR) is 110 cm³/mol. The van der Waals surface area contributed by atoms with E-state index in [4.69, 9.17) is 10.5 Å². The Labute approximate surface area is 169 Å². The van der Waals surface area contributed by atoms with Gasteiger partial charge in [-0.1, -0.05) is 37.2 Å². The first-order chi connectivity index (χ1) is 13.4. The van der Waals surface area contributed by atoms with Gasteiger partial charge >= 0.3 is 0 Å². The fraction of sp³-hybridized carbons (Fsp3) is 0.450. The van der Waals surface area contributed by atoms with Crippen LogP contribution in [0, 0.1) is 13.8 Å². The van der Waals surface area contributed by atoms with Crippen LogP contribution in [0.4, 0.5) is 5.69 Å². The van der Waals surface area contributed by atoms with E-state index < -0.39 is 12.0 Å². The molecule has 2 heterocycles. The number of fused-ring (bicyclic) bond motifs is 1. The second-order valence-electron chi connectivity index (χ2n) is 6.84. The summed E-state index contributed by atoms with van der Waals surface area (Å²) < 4.78 is 7.80. The number of amides is 2. The molecule has 2 aromatic rings. The summed E-state index contributed by atoms with van der Waals surface area (Å²) in [5.41, 5.74) is 8.19. The molecule has 1 aliphatic rings. The van der Waals surface area contributed by atoms with Crippen LogP contribution < -0.4 is 15.4 Å². The lowest BCUT2D eigenvalue weighted by Gasteiger charge is -2.33. The number of carbonyl (C=O) groups excluding carboxylic acids is 2. The summed E-state index contributed by atoms with van der Waals surface area (Å²) in [7, 11) is 0. The maximum Gasteiger partial charge on any atom is 0.260 e. The Balaban J connectivity index is 1.76. The average Bonchev–Trinajstić information content (AvgIpc) is 2.96. The molecule has 0 unspecified atom stereocenters. The number of nitrogens with two attached hydrogens (primary N) is 1. The maximum atomic E-state index is 13.0. The number of thioether (sulfide) groups is 1. The van der Waals surface area contributed by atoms with Gasteiger partial charge in [0.15, 0.2) is 11.3 Å². The van der Waals surface area contributed by atoms with Crippen LogP contribution >= 0.6 is 11.8 Å². The van der Waals surface area contributed by atoms with E-state index >= 15 is 0 Å². The minimum absolute atomic E-state index is 0.104. The molecule has 1 aromatic heterocycles. The first kappa shape index (κ1) is 20.3. The first-order valence-electron chi connectivity index (χ1n) is 9.44. The van der Waals surface area contributed by atoms with Gasteiger partial charge in [-0.3, -0.25) is 9.59 Å². The molecule has 0 spiro atoms. The zero-order chi connectivity index (χ0) is 20.3. The summed E-state index contributed by atoms with van der Waals surface area (Å²) in [6.45, 7) is 7.21. The molecular weight excluding hydrogens is 376 g/mol. The number of benzene rings is 1. The summed E-state index contributed by atoms with van der Waals surface area (Å²) in [4.78, 5) is 30.8. The highest BCUT2D eigenvalue weighted by Crippen LogP contribution is 2.34. The number of aryl methyl sites for hydroxylation is 1. The Hall–Kier alpha value is -2.48. The summed E-state index contributed by atoms with van der Waals surface area (Å²) in [6.07, 6.45) is 1.31. The molecular formula is C20H26N4O3S. The molecule has 8 heteroatoms. The van der Waals surface area contributed by atoms with E-state index in [2.05, 4.69) is 23.4 Å². The van der Waals surface area contributed by atoms with Gasteiger partial charge in [-0.2, -0.15) is 0 Å². The largest absolute Gasteiger partial charge is 0.477 e. The van der Waals surface area contributed by atoms with Crippen molar-refractivity contribution in [2.24, 2.45) is 5.73 Å². The fourth-order valence-corrected chi connectivity index (χ4v) is 4.13. The normalized spacial score (nSPS) is 15.8. The number of hydrogen-bond acceptors (Lipinski definition) is 5. The number of anilines is 1. The summed E-state index contributed by atoms with van der Waals surface area (Å²) in [6, 6.07) is 7.19. The van der Waals surface area contributed by atoms with Crippen LogP contribution in [0.15, 0.2) is 29.4 Å². The first-order valence-corrected chi connectivity index (χ1v) is 10.4. The zero-order valence-corrected chi connectivity index (χ0v) is 17.3. The Morgan fingerprint density at radius 1 is 1.32 bits per heavy atom. The van der Waals surface area contributed by atoms with Crippen molar-refractivity contribution < 1.29 is 14.3 Å². The Morgan fingerprint density at radius 3 is 2.79 bits per heavy atom. The molecule has 150 valence electrons. The van der Waals surface area contributed by atoms with Crippen molar-refractivity contribution in [3.63, 3.8) is 0 Å². The van der Waals surface area contributed by atoms with E-state index in [1.54, 1.807) is 17.0 Å². The van der Waals surface area contributed by atoms with E-state index in [1.807, 2.05) is 19.1 Å². The van der Waals surface area contributed by atoms with Gasteiger partial charge in [0.05, 0.1) is 23.7 Å². The van der Waals surface area contributed by atoms with Crippen molar-refractivity contribution in [1.29, 1.82) is 0 Å². The smallest absolute Gasteiger partial charge is 0.260 e. The Bertz CT molecular complexity index is 880. The molecule has 0 aliphatic carbocycles. The standard InChI is InChI=1S/C20H26N4O3S/c1-4-5-10-23-14(3)13(2)22-20(23)28-12-18(25)24-11-17(19(21)26)27-16-9-7-6-8-15(16)24/h6-9,17H,4-5,10-12H2,1-3H3,(H2,21,26)/t17-/m1/s1. The van der Waals surface area contributed by atoms with E-state index in [0.717, 1.165) is 35.9 Å². The van der Waals surface area contributed by atoms with Gasteiger partial charge in [-0.05, 0) is 32.4 Å². The van der Waals surface area contributed by atoms with Crippen molar-refractivity contribution in [1.82, 2.24) is 9.55 Å². The molecule has 2 N–H and O–H groups in total. The monoisotopic (exact) mass is 402 g/mol. The molecule has 0 saturated heterocycles. The summed E-state index contributed by atoms with van der Waals surface area (Å²) in [5.74, 6) is 0.0302. The van der Waals surface area contributed by atoms with E-state index in [-0.39, 0.29) is 18.2 Å². The van der Waals surface area contributed by atoms with Crippen LogP contribution in [0.1, 0.15) is 31.2 Å². The maximum absolute atomic E-state index is 13.0. The molecule has 0 radical (unpaired) electrons. The third kappa shape index (κ3) is 4.16. The summed E-state index contributed by atoms with van der Waals surface area (Å²) in [5, 5.41) is 0.852. The molecule has 0 fully saturated rings. The second kappa shape index (κ2) is 8.68. The van der Waals surface area contributed by atoms with E-state index in [0.29, 0.717) is 11.4 Å². The van der Waals surface area contributed by atoms with E-state index in [9.17, 15) is 9.59 Å². The molecule has 1 atom stereocenters. The lowest BCUT2D eigenvalue weighted by Crippen LogP contribution is -2.49. The Morgan fingerprint density at radius 2 is 2.07 bits per heavy atom. The van der Waals surface area contributed by atoms with E-state index in [1.165, 1.54) is 11.8 Å². The van der Waals surface area contributed by atoms with Crippen LogP contribution in [0.25, 0.3) is 0 Å².